The normalized spacial score (nSPS) is 21.5. The highest BCUT2D eigenvalue weighted by atomic mass is 16.5. The topological polar surface area (TPSA) is 74.3 Å². The first-order valence-corrected chi connectivity index (χ1v) is 6.95. The number of methoxy groups -OCH3 is 1. The van der Waals surface area contributed by atoms with Crippen LogP contribution in [0, 0.1) is 0 Å². The van der Waals surface area contributed by atoms with Crippen LogP contribution >= 0.6 is 0 Å². The van der Waals surface area contributed by atoms with Gasteiger partial charge < -0.3 is 9.47 Å². The van der Waals surface area contributed by atoms with Crippen LogP contribution in [0.15, 0.2) is 12.3 Å². The minimum Gasteiger partial charge on any atom is -0.385 e. The molecule has 2 unspecified atom stereocenters. The molecule has 19 heavy (non-hydrogen) atoms. The first-order valence-electron chi connectivity index (χ1n) is 6.95. The van der Waals surface area contributed by atoms with E-state index in [0.29, 0.717) is 0 Å². The molecule has 3 N–H and O–H groups in total. The molecule has 6 nitrogen and oxygen atoms in total. The van der Waals surface area contributed by atoms with Gasteiger partial charge >= 0.3 is 0 Å². The van der Waals surface area contributed by atoms with Crippen molar-refractivity contribution in [3.05, 3.63) is 18.0 Å². The zero-order valence-electron chi connectivity index (χ0n) is 11.5. The van der Waals surface area contributed by atoms with E-state index < -0.39 is 0 Å². The summed E-state index contributed by atoms with van der Waals surface area (Å²) in [6, 6.07) is 2.01. The van der Waals surface area contributed by atoms with Crippen molar-refractivity contribution in [2.45, 2.75) is 44.4 Å². The Labute approximate surface area is 114 Å². The van der Waals surface area contributed by atoms with Crippen molar-refractivity contribution in [1.82, 2.24) is 15.2 Å². The Morgan fingerprint density at radius 2 is 2.53 bits per heavy atom. The van der Waals surface area contributed by atoms with Crippen LogP contribution in [-0.4, -0.2) is 36.2 Å². The Hall–Kier alpha value is -0.950. The monoisotopic (exact) mass is 268 g/mol. The van der Waals surface area contributed by atoms with Gasteiger partial charge in [-0.25, -0.2) is 5.43 Å². The van der Waals surface area contributed by atoms with Gasteiger partial charge in [0.1, 0.15) is 0 Å². The maximum atomic E-state index is 5.83. The quantitative estimate of drug-likeness (QED) is 0.438. The molecular formula is C13H24N4O2. The Kier molecular flexibility index (Phi) is 5.78. The third-order valence-corrected chi connectivity index (χ3v) is 3.55. The van der Waals surface area contributed by atoms with Gasteiger partial charge in [0.2, 0.25) is 0 Å². The SMILES string of the molecule is COCCCn1nccc1C(NN)C1CCCCO1. The number of ether oxygens (including phenoxy) is 2. The molecule has 0 aromatic carbocycles. The number of hydrogen-bond donors (Lipinski definition) is 2. The summed E-state index contributed by atoms with van der Waals surface area (Å²) in [5.41, 5.74) is 3.98. The summed E-state index contributed by atoms with van der Waals surface area (Å²) in [4.78, 5) is 0. The molecule has 0 radical (unpaired) electrons. The Morgan fingerprint density at radius 1 is 1.63 bits per heavy atom. The van der Waals surface area contributed by atoms with Crippen molar-refractivity contribution in [2.24, 2.45) is 5.84 Å². The molecule has 1 aliphatic heterocycles. The number of aryl methyl sites for hydroxylation is 1. The second-order valence-electron chi connectivity index (χ2n) is 4.87. The molecule has 0 bridgehead atoms. The van der Waals surface area contributed by atoms with Crippen molar-refractivity contribution < 1.29 is 9.47 Å². The van der Waals surface area contributed by atoms with Crippen molar-refractivity contribution >= 4 is 0 Å². The maximum Gasteiger partial charge on any atom is 0.0890 e. The lowest BCUT2D eigenvalue weighted by atomic mass is 10.00. The lowest BCUT2D eigenvalue weighted by Crippen LogP contribution is -2.40. The zero-order chi connectivity index (χ0) is 13.5. The molecule has 0 aliphatic carbocycles. The number of aromatic nitrogens is 2. The highest BCUT2D eigenvalue weighted by molar-refractivity contribution is 5.09. The molecule has 1 aliphatic rings. The molecule has 0 saturated carbocycles. The van der Waals surface area contributed by atoms with Gasteiger partial charge in [-0.2, -0.15) is 5.10 Å². The standard InChI is InChI=1S/C13H24N4O2/c1-18-9-4-8-17-11(6-7-15-17)13(16-14)12-5-2-3-10-19-12/h6-7,12-13,16H,2-5,8-10,14H2,1H3. The van der Waals surface area contributed by atoms with E-state index in [0.717, 1.165) is 44.7 Å². The number of nitrogens with zero attached hydrogens (tertiary/aromatic N) is 2. The third-order valence-electron chi connectivity index (χ3n) is 3.55. The van der Waals surface area contributed by atoms with Gasteiger partial charge in [-0.1, -0.05) is 0 Å². The summed E-state index contributed by atoms with van der Waals surface area (Å²) in [5.74, 6) is 5.72. The van der Waals surface area contributed by atoms with Crippen molar-refractivity contribution in [1.29, 1.82) is 0 Å². The molecule has 1 saturated heterocycles. The number of nitrogens with two attached hydrogens (primary N) is 1. The van der Waals surface area contributed by atoms with Gasteiger partial charge in [-0.05, 0) is 31.7 Å². The lowest BCUT2D eigenvalue weighted by Gasteiger charge is -2.30. The van der Waals surface area contributed by atoms with E-state index in [1.807, 2.05) is 16.9 Å². The van der Waals surface area contributed by atoms with Crippen LogP contribution in [0.5, 0.6) is 0 Å². The van der Waals surface area contributed by atoms with Crippen LogP contribution in [0.2, 0.25) is 0 Å². The number of hydrazine groups is 1. The second-order valence-corrected chi connectivity index (χ2v) is 4.87. The molecule has 1 aromatic heterocycles. The minimum atomic E-state index is 0.00495. The van der Waals surface area contributed by atoms with E-state index in [2.05, 4.69) is 10.5 Å². The number of rotatable bonds is 7. The van der Waals surface area contributed by atoms with E-state index in [4.69, 9.17) is 15.3 Å². The molecule has 1 aromatic rings. The molecular weight excluding hydrogens is 244 g/mol. The average Bonchev–Trinajstić information content (AvgIpc) is 2.90. The summed E-state index contributed by atoms with van der Waals surface area (Å²) in [5, 5.41) is 4.36. The summed E-state index contributed by atoms with van der Waals surface area (Å²) < 4.78 is 12.9. The fourth-order valence-electron chi connectivity index (χ4n) is 2.56. The summed E-state index contributed by atoms with van der Waals surface area (Å²) in [7, 11) is 1.71. The van der Waals surface area contributed by atoms with Crippen LogP contribution in [0.1, 0.15) is 37.4 Å². The first-order chi connectivity index (χ1) is 9.36. The van der Waals surface area contributed by atoms with E-state index in [1.165, 1.54) is 6.42 Å². The Balaban J connectivity index is 2.02. The number of nitrogens with one attached hydrogen (secondary N) is 1. The third kappa shape index (κ3) is 3.76. The molecule has 108 valence electrons. The number of hydrogen-bond acceptors (Lipinski definition) is 5. The molecule has 0 spiro atoms. The Morgan fingerprint density at radius 3 is 3.21 bits per heavy atom. The predicted octanol–water partition coefficient (Wildman–Crippen LogP) is 0.993. The highest BCUT2D eigenvalue weighted by Gasteiger charge is 2.27. The van der Waals surface area contributed by atoms with Gasteiger partial charge in [0, 0.05) is 33.1 Å². The fraction of sp³-hybridized carbons (Fsp3) is 0.769. The summed E-state index contributed by atoms with van der Waals surface area (Å²) >= 11 is 0. The van der Waals surface area contributed by atoms with Crippen LogP contribution < -0.4 is 11.3 Å². The lowest BCUT2D eigenvalue weighted by molar-refractivity contribution is -0.0101. The van der Waals surface area contributed by atoms with Crippen LogP contribution in [-0.2, 0) is 16.0 Å². The van der Waals surface area contributed by atoms with Gasteiger partial charge in [-0.3, -0.25) is 10.5 Å². The van der Waals surface area contributed by atoms with Crippen molar-refractivity contribution in [2.75, 3.05) is 20.3 Å². The summed E-state index contributed by atoms with van der Waals surface area (Å²) in [6.07, 6.45) is 6.26. The van der Waals surface area contributed by atoms with Gasteiger partial charge in [0.15, 0.2) is 0 Å². The molecule has 1 fully saturated rings. The van der Waals surface area contributed by atoms with E-state index in [9.17, 15) is 0 Å². The first kappa shape index (κ1) is 14.5. The zero-order valence-corrected chi connectivity index (χ0v) is 11.5. The molecule has 2 rings (SSSR count). The van der Waals surface area contributed by atoms with Crippen molar-refractivity contribution in [3.63, 3.8) is 0 Å². The second kappa shape index (κ2) is 7.59. The van der Waals surface area contributed by atoms with Crippen LogP contribution in [0.3, 0.4) is 0 Å². The molecule has 0 amide bonds. The van der Waals surface area contributed by atoms with Gasteiger partial charge in [0.25, 0.3) is 0 Å². The molecule has 2 atom stereocenters. The van der Waals surface area contributed by atoms with Gasteiger partial charge in [0.05, 0.1) is 17.8 Å². The van der Waals surface area contributed by atoms with E-state index in [1.54, 1.807) is 7.11 Å². The molecule has 6 heteroatoms. The van der Waals surface area contributed by atoms with E-state index >= 15 is 0 Å². The Bertz CT molecular complexity index is 363. The molecule has 2 heterocycles. The fourth-order valence-corrected chi connectivity index (χ4v) is 2.56. The average molecular weight is 268 g/mol. The summed E-state index contributed by atoms with van der Waals surface area (Å²) in [6.45, 7) is 2.39. The minimum absolute atomic E-state index is 0.00495. The van der Waals surface area contributed by atoms with Crippen LogP contribution in [0.4, 0.5) is 0 Å². The van der Waals surface area contributed by atoms with Crippen LogP contribution in [0.25, 0.3) is 0 Å². The highest BCUT2D eigenvalue weighted by Crippen LogP contribution is 2.25. The van der Waals surface area contributed by atoms with Gasteiger partial charge in [-0.15, -0.1) is 0 Å². The van der Waals surface area contributed by atoms with Crippen molar-refractivity contribution in [3.8, 4) is 0 Å². The smallest absolute Gasteiger partial charge is 0.0890 e. The predicted molar refractivity (Wildman–Crippen MR) is 72.4 cm³/mol. The maximum absolute atomic E-state index is 5.83. The van der Waals surface area contributed by atoms with E-state index in [-0.39, 0.29) is 12.1 Å². The largest absolute Gasteiger partial charge is 0.385 e.